The molecule has 0 aromatic heterocycles. The van der Waals surface area contributed by atoms with Crippen LogP contribution in [0.25, 0.3) is 0 Å². The maximum Gasteiger partial charge on any atom is 0.227 e. The maximum absolute atomic E-state index is 11.9. The van der Waals surface area contributed by atoms with Crippen LogP contribution in [0.5, 0.6) is 0 Å². The molecule has 1 unspecified atom stereocenters. The first-order valence-electron chi connectivity index (χ1n) is 5.45. The molecule has 5 nitrogen and oxygen atoms in total. The van der Waals surface area contributed by atoms with Gasteiger partial charge in [-0.15, -0.1) is 0 Å². The molecule has 2 amide bonds. The third kappa shape index (κ3) is 1.95. The van der Waals surface area contributed by atoms with Crippen molar-refractivity contribution in [3.8, 4) is 0 Å². The van der Waals surface area contributed by atoms with Crippen molar-refractivity contribution in [2.24, 2.45) is 11.7 Å². The molecule has 1 saturated heterocycles. The number of para-hydroxylation sites is 1. The number of hydrogen-bond acceptors (Lipinski definition) is 3. The first-order valence-corrected chi connectivity index (χ1v) is 5.45. The third-order valence-corrected chi connectivity index (χ3v) is 3.07. The molecule has 0 saturated carbocycles. The van der Waals surface area contributed by atoms with Gasteiger partial charge < -0.3 is 16.4 Å². The van der Waals surface area contributed by atoms with Crippen molar-refractivity contribution in [3.63, 3.8) is 0 Å². The standard InChI is InChI=1S/C12H15N3O2/c1-7-3-2-4-9(13)11(7)15-6-8(12(14)17)5-10(15)16/h2-4,8H,5-6,13H2,1H3,(H2,14,17). The van der Waals surface area contributed by atoms with Gasteiger partial charge in [0.2, 0.25) is 11.8 Å². The average molecular weight is 233 g/mol. The second-order valence-corrected chi connectivity index (χ2v) is 4.32. The van der Waals surface area contributed by atoms with Gasteiger partial charge in [0, 0.05) is 13.0 Å². The largest absolute Gasteiger partial charge is 0.397 e. The molecular formula is C12H15N3O2. The number of carbonyl (C=O) groups is 2. The first kappa shape index (κ1) is 11.4. The third-order valence-electron chi connectivity index (χ3n) is 3.07. The Balaban J connectivity index is 2.35. The molecule has 0 aliphatic carbocycles. The van der Waals surface area contributed by atoms with Crippen molar-refractivity contribution >= 4 is 23.2 Å². The van der Waals surface area contributed by atoms with Crippen LogP contribution in [-0.4, -0.2) is 18.4 Å². The highest BCUT2D eigenvalue weighted by atomic mass is 16.2. The Morgan fingerprint density at radius 3 is 2.71 bits per heavy atom. The number of amides is 2. The van der Waals surface area contributed by atoms with Crippen LogP contribution in [0.4, 0.5) is 11.4 Å². The van der Waals surface area contributed by atoms with E-state index >= 15 is 0 Å². The van der Waals surface area contributed by atoms with Crippen LogP contribution < -0.4 is 16.4 Å². The van der Waals surface area contributed by atoms with Gasteiger partial charge in [0.1, 0.15) is 0 Å². The molecule has 1 heterocycles. The van der Waals surface area contributed by atoms with Crippen molar-refractivity contribution in [3.05, 3.63) is 23.8 Å². The molecule has 4 N–H and O–H groups in total. The normalized spacial score (nSPS) is 19.7. The second kappa shape index (κ2) is 4.08. The Bertz CT molecular complexity index is 464. The first-order chi connectivity index (χ1) is 8.00. The van der Waals surface area contributed by atoms with Gasteiger partial charge in [0.15, 0.2) is 0 Å². The second-order valence-electron chi connectivity index (χ2n) is 4.32. The maximum atomic E-state index is 11.9. The van der Waals surface area contributed by atoms with E-state index < -0.39 is 11.8 Å². The van der Waals surface area contributed by atoms with E-state index in [1.54, 1.807) is 11.0 Å². The zero-order valence-electron chi connectivity index (χ0n) is 9.64. The Hall–Kier alpha value is -2.04. The number of anilines is 2. The van der Waals surface area contributed by atoms with Gasteiger partial charge in [-0.1, -0.05) is 12.1 Å². The highest BCUT2D eigenvalue weighted by Gasteiger charge is 2.35. The summed E-state index contributed by atoms with van der Waals surface area (Å²) >= 11 is 0. The zero-order valence-corrected chi connectivity index (χ0v) is 9.64. The van der Waals surface area contributed by atoms with Gasteiger partial charge in [-0.2, -0.15) is 0 Å². The van der Waals surface area contributed by atoms with Gasteiger partial charge in [0.05, 0.1) is 17.3 Å². The molecule has 1 atom stereocenters. The number of primary amides is 1. The van der Waals surface area contributed by atoms with E-state index in [1.165, 1.54) is 0 Å². The number of rotatable bonds is 2. The quantitative estimate of drug-likeness (QED) is 0.725. The lowest BCUT2D eigenvalue weighted by Gasteiger charge is -2.20. The SMILES string of the molecule is Cc1cccc(N)c1N1CC(C(N)=O)CC1=O. The predicted octanol–water partition coefficient (Wildman–Crippen LogP) is 0.415. The van der Waals surface area contributed by atoms with E-state index in [1.807, 2.05) is 19.1 Å². The van der Waals surface area contributed by atoms with Crippen molar-refractivity contribution in [1.29, 1.82) is 0 Å². The molecule has 0 spiro atoms. The van der Waals surface area contributed by atoms with Crippen LogP contribution in [0.1, 0.15) is 12.0 Å². The molecule has 1 aliphatic heterocycles. The van der Waals surface area contributed by atoms with Gasteiger partial charge >= 0.3 is 0 Å². The number of hydrogen-bond donors (Lipinski definition) is 2. The summed E-state index contributed by atoms with van der Waals surface area (Å²) in [6, 6.07) is 5.46. The van der Waals surface area contributed by atoms with Crippen molar-refractivity contribution in [1.82, 2.24) is 0 Å². The number of nitrogens with two attached hydrogens (primary N) is 2. The molecule has 2 rings (SSSR count). The monoisotopic (exact) mass is 233 g/mol. The Morgan fingerprint density at radius 1 is 1.47 bits per heavy atom. The van der Waals surface area contributed by atoms with Crippen LogP contribution in [0.2, 0.25) is 0 Å². The molecule has 1 fully saturated rings. The fraction of sp³-hybridized carbons (Fsp3) is 0.333. The molecule has 90 valence electrons. The van der Waals surface area contributed by atoms with E-state index in [2.05, 4.69) is 0 Å². The smallest absolute Gasteiger partial charge is 0.227 e. The summed E-state index contributed by atoms with van der Waals surface area (Å²) in [5, 5.41) is 0. The predicted molar refractivity (Wildman–Crippen MR) is 65.2 cm³/mol. The molecular weight excluding hydrogens is 218 g/mol. The molecule has 5 heteroatoms. The summed E-state index contributed by atoms with van der Waals surface area (Å²) in [4.78, 5) is 24.5. The minimum absolute atomic E-state index is 0.102. The van der Waals surface area contributed by atoms with Gasteiger partial charge in [0.25, 0.3) is 0 Å². The highest BCUT2D eigenvalue weighted by Crippen LogP contribution is 2.32. The van der Waals surface area contributed by atoms with Crippen LogP contribution >= 0.6 is 0 Å². The number of nitrogens with zero attached hydrogens (tertiary/aromatic N) is 1. The average Bonchev–Trinajstić information content (AvgIpc) is 2.61. The molecule has 17 heavy (non-hydrogen) atoms. The molecule has 1 aromatic rings. The van der Waals surface area contributed by atoms with E-state index in [4.69, 9.17) is 11.5 Å². The van der Waals surface area contributed by atoms with E-state index in [0.717, 1.165) is 5.56 Å². The topological polar surface area (TPSA) is 89.4 Å². The fourth-order valence-electron chi connectivity index (χ4n) is 2.16. The van der Waals surface area contributed by atoms with Gasteiger partial charge in [-0.05, 0) is 18.6 Å². The Labute approximate surface area is 99.4 Å². The van der Waals surface area contributed by atoms with Crippen LogP contribution in [0, 0.1) is 12.8 Å². The summed E-state index contributed by atoms with van der Waals surface area (Å²) in [5.41, 5.74) is 13.3. The summed E-state index contributed by atoms with van der Waals surface area (Å²) < 4.78 is 0. The van der Waals surface area contributed by atoms with Crippen molar-refractivity contribution in [2.45, 2.75) is 13.3 Å². The minimum atomic E-state index is -0.437. The number of carbonyl (C=O) groups excluding carboxylic acids is 2. The summed E-state index contributed by atoms with van der Waals surface area (Å²) in [7, 11) is 0. The molecule has 1 aliphatic rings. The summed E-state index contributed by atoms with van der Waals surface area (Å²) in [6.45, 7) is 2.21. The molecule has 0 bridgehead atoms. The van der Waals surface area contributed by atoms with Gasteiger partial charge in [-0.3, -0.25) is 9.59 Å². The summed E-state index contributed by atoms with van der Waals surface area (Å²) in [5.74, 6) is -0.954. The fourth-order valence-corrected chi connectivity index (χ4v) is 2.16. The zero-order chi connectivity index (χ0) is 12.6. The Morgan fingerprint density at radius 2 is 2.18 bits per heavy atom. The number of nitrogen functional groups attached to an aromatic ring is 1. The summed E-state index contributed by atoms with van der Waals surface area (Å²) in [6.07, 6.45) is 0.170. The van der Waals surface area contributed by atoms with Crippen molar-refractivity contribution in [2.75, 3.05) is 17.2 Å². The van der Waals surface area contributed by atoms with Crippen LogP contribution in [0.15, 0.2) is 18.2 Å². The molecule has 1 aromatic carbocycles. The minimum Gasteiger partial charge on any atom is -0.397 e. The van der Waals surface area contributed by atoms with Crippen LogP contribution in [0.3, 0.4) is 0 Å². The van der Waals surface area contributed by atoms with E-state index in [-0.39, 0.29) is 12.3 Å². The molecule has 0 radical (unpaired) electrons. The van der Waals surface area contributed by atoms with Crippen LogP contribution in [-0.2, 0) is 9.59 Å². The van der Waals surface area contributed by atoms with Crippen molar-refractivity contribution < 1.29 is 9.59 Å². The lowest BCUT2D eigenvalue weighted by Crippen LogP contribution is -2.29. The highest BCUT2D eigenvalue weighted by molar-refractivity contribution is 6.02. The number of benzene rings is 1. The van der Waals surface area contributed by atoms with E-state index in [9.17, 15) is 9.59 Å². The van der Waals surface area contributed by atoms with E-state index in [0.29, 0.717) is 17.9 Å². The Kier molecular flexibility index (Phi) is 2.75. The lowest BCUT2D eigenvalue weighted by molar-refractivity contribution is -0.123. The number of aryl methyl sites for hydroxylation is 1. The van der Waals surface area contributed by atoms with Gasteiger partial charge in [-0.25, -0.2) is 0 Å². The lowest BCUT2D eigenvalue weighted by atomic mass is 10.1.